The average Bonchev–Trinajstić information content (AvgIpc) is 2.30. The van der Waals surface area contributed by atoms with Gasteiger partial charge in [0.2, 0.25) is 0 Å². The van der Waals surface area contributed by atoms with Gasteiger partial charge in [-0.15, -0.1) is 6.58 Å². The van der Waals surface area contributed by atoms with Crippen LogP contribution < -0.4 is 0 Å². The molecule has 0 heterocycles. The molecular weight excluding hydrogens is 190 g/mol. The molecule has 0 saturated heterocycles. The standard InChI is InChI=1S/C12H11NO2/c1-2-10(7-13)12(15)11-5-3-9(8-14)4-6-11/h2-6,8,10,12,15H,1H2. The zero-order chi connectivity index (χ0) is 11.3. The lowest BCUT2D eigenvalue weighted by Crippen LogP contribution is -2.07. The molecule has 0 aliphatic carbocycles. The second-order valence-corrected chi connectivity index (χ2v) is 3.12. The second kappa shape index (κ2) is 5.08. The van der Waals surface area contributed by atoms with Gasteiger partial charge in [-0.25, -0.2) is 0 Å². The second-order valence-electron chi connectivity index (χ2n) is 3.12. The summed E-state index contributed by atoms with van der Waals surface area (Å²) in [5.74, 6) is -0.632. The molecule has 0 saturated carbocycles. The van der Waals surface area contributed by atoms with Crippen molar-refractivity contribution in [2.24, 2.45) is 5.92 Å². The van der Waals surface area contributed by atoms with Gasteiger partial charge < -0.3 is 5.11 Å². The Bertz CT molecular complexity index is 389. The minimum Gasteiger partial charge on any atom is -0.387 e. The fourth-order valence-corrected chi connectivity index (χ4v) is 1.23. The molecule has 2 atom stereocenters. The highest BCUT2D eigenvalue weighted by Gasteiger charge is 2.16. The van der Waals surface area contributed by atoms with Crippen LogP contribution in [0.5, 0.6) is 0 Å². The molecule has 76 valence electrons. The van der Waals surface area contributed by atoms with Crippen molar-refractivity contribution >= 4 is 6.29 Å². The summed E-state index contributed by atoms with van der Waals surface area (Å²) in [5, 5.41) is 18.5. The van der Waals surface area contributed by atoms with Crippen LogP contribution in [-0.2, 0) is 0 Å². The lowest BCUT2D eigenvalue weighted by molar-refractivity contribution is 0.112. The van der Waals surface area contributed by atoms with Gasteiger partial charge >= 0.3 is 0 Å². The average molecular weight is 201 g/mol. The largest absolute Gasteiger partial charge is 0.387 e. The third-order valence-corrected chi connectivity index (χ3v) is 2.16. The summed E-state index contributed by atoms with van der Waals surface area (Å²) in [6.07, 6.45) is 1.23. The quantitative estimate of drug-likeness (QED) is 0.597. The van der Waals surface area contributed by atoms with Crippen molar-refractivity contribution in [3.63, 3.8) is 0 Å². The van der Waals surface area contributed by atoms with Crippen LogP contribution in [0.3, 0.4) is 0 Å². The number of nitrogens with zero attached hydrogens (tertiary/aromatic N) is 1. The molecule has 1 N–H and O–H groups in total. The number of aliphatic hydroxyl groups excluding tert-OH is 1. The van der Waals surface area contributed by atoms with Crippen LogP contribution in [0.1, 0.15) is 22.0 Å². The molecule has 0 amide bonds. The molecule has 0 spiro atoms. The minimum absolute atomic E-state index is 0.540. The van der Waals surface area contributed by atoms with Gasteiger partial charge in [-0.05, 0) is 5.56 Å². The van der Waals surface area contributed by atoms with Crippen LogP contribution in [0.15, 0.2) is 36.9 Å². The molecule has 15 heavy (non-hydrogen) atoms. The van der Waals surface area contributed by atoms with Gasteiger partial charge in [-0.3, -0.25) is 4.79 Å². The molecule has 2 unspecified atom stereocenters. The van der Waals surface area contributed by atoms with Gasteiger partial charge in [0.1, 0.15) is 6.29 Å². The highest BCUT2D eigenvalue weighted by molar-refractivity contribution is 5.74. The highest BCUT2D eigenvalue weighted by Crippen LogP contribution is 2.22. The first-order chi connectivity index (χ1) is 7.22. The van der Waals surface area contributed by atoms with E-state index in [9.17, 15) is 9.90 Å². The Kier molecular flexibility index (Phi) is 3.78. The summed E-state index contributed by atoms with van der Waals surface area (Å²) in [7, 11) is 0. The third-order valence-electron chi connectivity index (χ3n) is 2.16. The summed E-state index contributed by atoms with van der Waals surface area (Å²) < 4.78 is 0. The predicted molar refractivity (Wildman–Crippen MR) is 56.1 cm³/mol. The van der Waals surface area contributed by atoms with Gasteiger partial charge in [-0.1, -0.05) is 30.3 Å². The van der Waals surface area contributed by atoms with Crippen LogP contribution in [0.2, 0.25) is 0 Å². The zero-order valence-corrected chi connectivity index (χ0v) is 8.13. The van der Waals surface area contributed by atoms with Crippen molar-refractivity contribution in [2.75, 3.05) is 0 Å². The maximum Gasteiger partial charge on any atom is 0.150 e. The Hall–Kier alpha value is -1.92. The summed E-state index contributed by atoms with van der Waals surface area (Å²) in [5.41, 5.74) is 1.14. The number of hydrogen-bond acceptors (Lipinski definition) is 3. The number of hydrogen-bond donors (Lipinski definition) is 1. The Morgan fingerprint density at radius 1 is 1.40 bits per heavy atom. The van der Waals surface area contributed by atoms with Gasteiger partial charge in [0.25, 0.3) is 0 Å². The van der Waals surface area contributed by atoms with Crippen molar-refractivity contribution in [1.82, 2.24) is 0 Å². The molecular formula is C12H11NO2. The Morgan fingerprint density at radius 2 is 2.00 bits per heavy atom. The first kappa shape index (κ1) is 11.2. The first-order valence-corrected chi connectivity index (χ1v) is 4.48. The molecule has 0 aromatic heterocycles. The molecule has 0 bridgehead atoms. The fourth-order valence-electron chi connectivity index (χ4n) is 1.23. The van der Waals surface area contributed by atoms with E-state index in [1.54, 1.807) is 24.3 Å². The molecule has 0 aliphatic heterocycles. The Labute approximate surface area is 88.3 Å². The number of aldehydes is 1. The number of nitriles is 1. The van der Waals surface area contributed by atoms with E-state index < -0.39 is 12.0 Å². The van der Waals surface area contributed by atoms with Gasteiger partial charge in [0, 0.05) is 5.56 Å². The molecule has 1 aromatic carbocycles. The molecule has 0 fully saturated rings. The predicted octanol–water partition coefficient (Wildman–Crippen LogP) is 1.86. The van der Waals surface area contributed by atoms with E-state index in [0.717, 1.165) is 6.29 Å². The third kappa shape index (κ3) is 2.52. The first-order valence-electron chi connectivity index (χ1n) is 4.48. The van der Waals surface area contributed by atoms with Crippen molar-refractivity contribution in [3.05, 3.63) is 48.0 Å². The van der Waals surface area contributed by atoms with Crippen LogP contribution in [0, 0.1) is 17.2 Å². The number of aliphatic hydroxyl groups is 1. The topological polar surface area (TPSA) is 61.1 Å². The maximum absolute atomic E-state index is 10.4. The number of rotatable bonds is 4. The van der Waals surface area contributed by atoms with Crippen molar-refractivity contribution < 1.29 is 9.90 Å². The van der Waals surface area contributed by atoms with Gasteiger partial charge in [0.15, 0.2) is 0 Å². The van der Waals surface area contributed by atoms with Crippen LogP contribution >= 0.6 is 0 Å². The number of carbonyl (C=O) groups is 1. The van der Waals surface area contributed by atoms with Crippen LogP contribution in [0.4, 0.5) is 0 Å². The lowest BCUT2D eigenvalue weighted by atomic mass is 9.96. The SMILES string of the molecule is C=CC(C#N)C(O)c1ccc(C=O)cc1. The van der Waals surface area contributed by atoms with E-state index >= 15 is 0 Å². The summed E-state index contributed by atoms with van der Waals surface area (Å²) >= 11 is 0. The monoisotopic (exact) mass is 201 g/mol. The zero-order valence-electron chi connectivity index (χ0n) is 8.13. The van der Waals surface area contributed by atoms with E-state index in [1.165, 1.54) is 6.08 Å². The van der Waals surface area contributed by atoms with E-state index in [-0.39, 0.29) is 0 Å². The molecule has 0 radical (unpaired) electrons. The summed E-state index contributed by atoms with van der Waals surface area (Å²) in [4.78, 5) is 10.4. The number of carbonyl (C=O) groups excluding carboxylic acids is 1. The molecule has 0 aliphatic rings. The number of benzene rings is 1. The van der Waals surface area contributed by atoms with Crippen LogP contribution in [-0.4, -0.2) is 11.4 Å². The van der Waals surface area contributed by atoms with Crippen LogP contribution in [0.25, 0.3) is 0 Å². The van der Waals surface area contributed by atoms with E-state index in [2.05, 4.69) is 6.58 Å². The van der Waals surface area contributed by atoms with E-state index in [1.807, 2.05) is 6.07 Å². The Morgan fingerprint density at radius 3 is 2.40 bits per heavy atom. The lowest BCUT2D eigenvalue weighted by Gasteiger charge is -2.13. The highest BCUT2D eigenvalue weighted by atomic mass is 16.3. The van der Waals surface area contributed by atoms with E-state index in [0.29, 0.717) is 11.1 Å². The van der Waals surface area contributed by atoms with Gasteiger partial charge in [0.05, 0.1) is 18.1 Å². The van der Waals surface area contributed by atoms with Crippen molar-refractivity contribution in [2.45, 2.75) is 6.10 Å². The normalized spacial score (nSPS) is 13.6. The smallest absolute Gasteiger partial charge is 0.150 e. The molecule has 1 aromatic rings. The van der Waals surface area contributed by atoms with Crippen molar-refractivity contribution in [3.8, 4) is 6.07 Å². The molecule has 1 rings (SSSR count). The van der Waals surface area contributed by atoms with E-state index in [4.69, 9.17) is 5.26 Å². The maximum atomic E-state index is 10.4. The van der Waals surface area contributed by atoms with Crippen molar-refractivity contribution in [1.29, 1.82) is 5.26 Å². The molecule has 3 nitrogen and oxygen atoms in total. The summed E-state index contributed by atoms with van der Waals surface area (Å²) in [6, 6.07) is 8.40. The summed E-state index contributed by atoms with van der Waals surface area (Å²) in [6.45, 7) is 3.47. The van der Waals surface area contributed by atoms with Gasteiger partial charge in [-0.2, -0.15) is 5.26 Å². The Balaban J connectivity index is 2.91. The molecule has 3 heteroatoms. The minimum atomic E-state index is -0.895. The fraction of sp³-hybridized carbons (Fsp3) is 0.167.